The van der Waals surface area contributed by atoms with Crippen molar-refractivity contribution in [2.75, 3.05) is 6.54 Å². The summed E-state index contributed by atoms with van der Waals surface area (Å²) in [7, 11) is 0. The Morgan fingerprint density at radius 1 is 0.833 bits per heavy atom. The second-order valence-corrected chi connectivity index (χ2v) is 4.53. The van der Waals surface area contributed by atoms with E-state index < -0.39 is 0 Å². The van der Waals surface area contributed by atoms with Crippen LogP contribution in [0.15, 0.2) is 54.6 Å². The summed E-state index contributed by atoms with van der Waals surface area (Å²) in [5.74, 6) is 0. The molecule has 0 aliphatic carbocycles. The molecule has 94 valence electrons. The maximum absolute atomic E-state index is 6.11. The quantitative estimate of drug-likeness (QED) is 0.843. The second kappa shape index (κ2) is 6.34. The number of hydrogen-bond donors (Lipinski definition) is 2. The molecule has 1 atom stereocenters. The Hall–Kier alpha value is -1.64. The summed E-state index contributed by atoms with van der Waals surface area (Å²) in [5.41, 5.74) is 15.3. The highest BCUT2D eigenvalue weighted by Gasteiger charge is 2.05. The normalized spacial score (nSPS) is 12.3. The Bertz CT molecular complexity index is 462. The summed E-state index contributed by atoms with van der Waals surface area (Å²) in [5, 5.41) is 0. The van der Waals surface area contributed by atoms with Crippen LogP contribution >= 0.6 is 0 Å². The smallest absolute Gasteiger partial charge is 0.0295 e. The Morgan fingerprint density at radius 3 is 2.06 bits per heavy atom. The summed E-state index contributed by atoms with van der Waals surface area (Å²) < 4.78 is 0. The monoisotopic (exact) mass is 240 g/mol. The Kier molecular flexibility index (Phi) is 4.51. The molecule has 0 saturated carbocycles. The zero-order valence-corrected chi connectivity index (χ0v) is 10.5. The molecule has 0 spiro atoms. The number of rotatable bonds is 5. The summed E-state index contributed by atoms with van der Waals surface area (Å²) in [6, 6.07) is 18.9. The fourth-order valence-electron chi connectivity index (χ4n) is 2.06. The fraction of sp³-hybridized carbons (Fsp3) is 0.250. The molecule has 0 aliphatic heterocycles. The van der Waals surface area contributed by atoms with Gasteiger partial charge in [-0.3, -0.25) is 0 Å². The molecule has 2 nitrogen and oxygen atoms in total. The first-order chi connectivity index (χ1) is 8.81. The zero-order valence-electron chi connectivity index (χ0n) is 10.5. The van der Waals surface area contributed by atoms with E-state index >= 15 is 0 Å². The molecule has 0 aliphatic rings. The standard InChI is InChI=1S/C16H20N2/c17-12-4-7-16(18)15-10-8-14(9-11-15)13-5-2-1-3-6-13/h1-3,5-6,8-11,16H,4,7,12,17-18H2. The van der Waals surface area contributed by atoms with Crippen LogP contribution < -0.4 is 11.5 Å². The number of hydrogen-bond acceptors (Lipinski definition) is 2. The third-order valence-electron chi connectivity index (χ3n) is 3.17. The van der Waals surface area contributed by atoms with Crippen molar-refractivity contribution < 1.29 is 0 Å². The van der Waals surface area contributed by atoms with E-state index in [2.05, 4.69) is 48.5 Å². The van der Waals surface area contributed by atoms with Crippen LogP contribution in [0, 0.1) is 0 Å². The van der Waals surface area contributed by atoms with Gasteiger partial charge in [-0.15, -0.1) is 0 Å². The van der Waals surface area contributed by atoms with E-state index in [-0.39, 0.29) is 6.04 Å². The molecule has 0 fully saturated rings. The third kappa shape index (κ3) is 3.19. The average molecular weight is 240 g/mol. The van der Waals surface area contributed by atoms with Crippen LogP contribution in [0.2, 0.25) is 0 Å². The van der Waals surface area contributed by atoms with Crippen LogP contribution in [0.25, 0.3) is 11.1 Å². The van der Waals surface area contributed by atoms with Gasteiger partial charge in [0.1, 0.15) is 0 Å². The maximum Gasteiger partial charge on any atom is 0.0295 e. The van der Waals surface area contributed by atoms with E-state index in [4.69, 9.17) is 11.5 Å². The molecule has 0 heterocycles. The van der Waals surface area contributed by atoms with Crippen molar-refractivity contribution in [2.24, 2.45) is 11.5 Å². The first-order valence-corrected chi connectivity index (χ1v) is 6.42. The molecule has 2 heteroatoms. The lowest BCUT2D eigenvalue weighted by molar-refractivity contribution is 0.618. The van der Waals surface area contributed by atoms with Gasteiger partial charge in [0.15, 0.2) is 0 Å². The van der Waals surface area contributed by atoms with Crippen molar-refractivity contribution >= 4 is 0 Å². The Balaban J connectivity index is 2.10. The minimum absolute atomic E-state index is 0.0957. The predicted octanol–water partition coefficient (Wildman–Crippen LogP) is 3.09. The highest BCUT2D eigenvalue weighted by Crippen LogP contribution is 2.22. The van der Waals surface area contributed by atoms with Crippen molar-refractivity contribution in [3.05, 3.63) is 60.2 Å². The number of benzene rings is 2. The lowest BCUT2D eigenvalue weighted by atomic mass is 9.99. The topological polar surface area (TPSA) is 52.0 Å². The predicted molar refractivity (Wildman–Crippen MR) is 77.1 cm³/mol. The van der Waals surface area contributed by atoms with Crippen molar-refractivity contribution in [1.82, 2.24) is 0 Å². The molecule has 2 aromatic carbocycles. The number of nitrogens with two attached hydrogens (primary N) is 2. The van der Waals surface area contributed by atoms with E-state index in [1.54, 1.807) is 0 Å². The minimum Gasteiger partial charge on any atom is -0.330 e. The average Bonchev–Trinajstić information content (AvgIpc) is 2.46. The van der Waals surface area contributed by atoms with Gasteiger partial charge in [-0.05, 0) is 36.1 Å². The molecule has 18 heavy (non-hydrogen) atoms. The van der Waals surface area contributed by atoms with Crippen molar-refractivity contribution in [3.8, 4) is 11.1 Å². The van der Waals surface area contributed by atoms with Crippen LogP contribution in [-0.2, 0) is 0 Å². The zero-order chi connectivity index (χ0) is 12.8. The molecule has 0 saturated heterocycles. The first kappa shape index (κ1) is 12.8. The summed E-state index contributed by atoms with van der Waals surface area (Å²) >= 11 is 0. The van der Waals surface area contributed by atoms with Crippen LogP contribution in [-0.4, -0.2) is 6.54 Å². The minimum atomic E-state index is 0.0957. The van der Waals surface area contributed by atoms with Crippen LogP contribution in [0.5, 0.6) is 0 Å². The van der Waals surface area contributed by atoms with Gasteiger partial charge in [0.25, 0.3) is 0 Å². The molecular weight excluding hydrogens is 220 g/mol. The van der Waals surface area contributed by atoms with E-state index in [0.717, 1.165) is 12.8 Å². The highest BCUT2D eigenvalue weighted by atomic mass is 14.6. The van der Waals surface area contributed by atoms with Crippen LogP contribution in [0.3, 0.4) is 0 Å². The lowest BCUT2D eigenvalue weighted by Gasteiger charge is -2.12. The molecule has 4 N–H and O–H groups in total. The molecule has 2 rings (SSSR count). The van der Waals surface area contributed by atoms with Gasteiger partial charge in [-0.1, -0.05) is 54.6 Å². The third-order valence-corrected chi connectivity index (χ3v) is 3.17. The maximum atomic E-state index is 6.11. The van der Waals surface area contributed by atoms with Gasteiger partial charge in [0.2, 0.25) is 0 Å². The fourth-order valence-corrected chi connectivity index (χ4v) is 2.06. The highest BCUT2D eigenvalue weighted by molar-refractivity contribution is 5.63. The van der Waals surface area contributed by atoms with Gasteiger partial charge in [0, 0.05) is 6.04 Å². The Labute approximate surface area is 109 Å². The SMILES string of the molecule is NCCCC(N)c1ccc(-c2ccccc2)cc1. The van der Waals surface area contributed by atoms with Crippen molar-refractivity contribution in [1.29, 1.82) is 0 Å². The van der Waals surface area contributed by atoms with Gasteiger partial charge < -0.3 is 11.5 Å². The first-order valence-electron chi connectivity index (χ1n) is 6.42. The molecule has 1 unspecified atom stereocenters. The van der Waals surface area contributed by atoms with Crippen molar-refractivity contribution in [2.45, 2.75) is 18.9 Å². The van der Waals surface area contributed by atoms with Gasteiger partial charge in [-0.25, -0.2) is 0 Å². The van der Waals surface area contributed by atoms with Crippen molar-refractivity contribution in [3.63, 3.8) is 0 Å². The van der Waals surface area contributed by atoms with E-state index in [1.165, 1.54) is 16.7 Å². The van der Waals surface area contributed by atoms with E-state index in [1.807, 2.05) is 6.07 Å². The van der Waals surface area contributed by atoms with E-state index in [0.29, 0.717) is 6.54 Å². The molecule has 2 aromatic rings. The molecular formula is C16H20N2. The summed E-state index contributed by atoms with van der Waals surface area (Å²) in [6.45, 7) is 0.704. The van der Waals surface area contributed by atoms with E-state index in [9.17, 15) is 0 Å². The molecule has 0 radical (unpaired) electrons. The summed E-state index contributed by atoms with van der Waals surface area (Å²) in [4.78, 5) is 0. The molecule has 0 aromatic heterocycles. The second-order valence-electron chi connectivity index (χ2n) is 4.53. The van der Waals surface area contributed by atoms with Gasteiger partial charge >= 0.3 is 0 Å². The largest absolute Gasteiger partial charge is 0.330 e. The van der Waals surface area contributed by atoms with Crippen LogP contribution in [0.1, 0.15) is 24.4 Å². The Morgan fingerprint density at radius 2 is 1.44 bits per heavy atom. The molecule has 0 amide bonds. The van der Waals surface area contributed by atoms with Gasteiger partial charge in [-0.2, -0.15) is 0 Å². The van der Waals surface area contributed by atoms with Gasteiger partial charge in [0.05, 0.1) is 0 Å². The molecule has 0 bridgehead atoms. The lowest BCUT2D eigenvalue weighted by Crippen LogP contribution is -2.12. The van der Waals surface area contributed by atoms with Crippen LogP contribution in [0.4, 0.5) is 0 Å². The summed E-state index contributed by atoms with van der Waals surface area (Å²) in [6.07, 6.45) is 1.92.